The van der Waals surface area contributed by atoms with Gasteiger partial charge in [0, 0.05) is 12.1 Å². The quantitative estimate of drug-likeness (QED) is 0.153. The molecule has 5 aromatic rings. The fourth-order valence-corrected chi connectivity index (χ4v) is 5.72. The van der Waals surface area contributed by atoms with Crippen molar-refractivity contribution in [2.45, 2.75) is 51.2 Å². The number of methoxy groups -OCH3 is 1. The van der Waals surface area contributed by atoms with Crippen molar-refractivity contribution in [1.82, 2.24) is 14.5 Å². The van der Waals surface area contributed by atoms with E-state index in [-0.39, 0.29) is 12.3 Å². The van der Waals surface area contributed by atoms with E-state index < -0.39 is 17.6 Å². The van der Waals surface area contributed by atoms with Crippen molar-refractivity contribution in [3.05, 3.63) is 125 Å². The highest BCUT2D eigenvalue weighted by Gasteiger charge is 2.57. The highest BCUT2D eigenvalue weighted by molar-refractivity contribution is 6.08. The Labute approximate surface area is 267 Å². The van der Waals surface area contributed by atoms with E-state index in [9.17, 15) is 19.5 Å². The molecule has 1 saturated carbocycles. The monoisotopic (exact) mass is 617 g/mol. The Morgan fingerprint density at radius 2 is 1.59 bits per heavy atom. The molecule has 1 fully saturated rings. The van der Waals surface area contributed by atoms with Gasteiger partial charge < -0.3 is 19.1 Å². The first kappa shape index (κ1) is 30.6. The van der Waals surface area contributed by atoms with Crippen LogP contribution >= 0.6 is 0 Å². The lowest BCUT2D eigenvalue weighted by Crippen LogP contribution is -2.48. The van der Waals surface area contributed by atoms with Crippen LogP contribution in [0, 0.1) is 6.92 Å². The minimum absolute atomic E-state index is 0.0937. The Morgan fingerprint density at radius 3 is 2.28 bits per heavy atom. The molecule has 1 amide bonds. The van der Waals surface area contributed by atoms with Crippen LogP contribution < -0.4 is 9.47 Å². The molecule has 1 aliphatic rings. The second-order valence-corrected chi connectivity index (χ2v) is 11.7. The summed E-state index contributed by atoms with van der Waals surface area (Å²) >= 11 is 0. The largest absolute Gasteiger partial charge is 0.497 e. The van der Waals surface area contributed by atoms with Gasteiger partial charge in [-0.05, 0) is 80.1 Å². The number of rotatable bonds is 12. The first-order chi connectivity index (χ1) is 22.3. The molecule has 0 aliphatic heterocycles. The highest BCUT2D eigenvalue weighted by Crippen LogP contribution is 2.43. The normalized spacial score (nSPS) is 13.3. The first-order valence-electron chi connectivity index (χ1n) is 15.3. The third kappa shape index (κ3) is 6.35. The third-order valence-corrected chi connectivity index (χ3v) is 8.47. The van der Waals surface area contributed by atoms with E-state index in [0.29, 0.717) is 48.7 Å². The number of hydrogen-bond donors (Lipinski definition) is 1. The SMILES string of the molecule is COc1ccc(OC(=O)N(Cc2cccc(CCCn3c(C(=O)c4ccc(C)cc4)nc4ccccc43)c2)C2(C(=O)O)CC2)cc1. The minimum Gasteiger partial charge on any atom is -0.497 e. The number of aromatic nitrogens is 2. The molecule has 0 unspecified atom stereocenters. The Balaban J connectivity index is 1.17. The van der Waals surface area contributed by atoms with Crippen LogP contribution in [0.25, 0.3) is 11.0 Å². The number of fused-ring (bicyclic) bond motifs is 1. The van der Waals surface area contributed by atoms with Crippen molar-refractivity contribution < 1.29 is 29.0 Å². The molecule has 0 bridgehead atoms. The molecule has 6 rings (SSSR count). The topological polar surface area (TPSA) is 111 Å². The van der Waals surface area contributed by atoms with Crippen LogP contribution in [0.3, 0.4) is 0 Å². The van der Waals surface area contributed by atoms with Gasteiger partial charge in [-0.2, -0.15) is 0 Å². The number of ketones is 1. The zero-order chi connectivity index (χ0) is 32.3. The number of amides is 1. The standard InChI is InChI=1S/C37H35N3O6/c1-25-12-14-28(15-13-25)33(41)34-38-31-10-3-4-11-32(31)39(34)22-6-9-26-7-5-8-27(23-26)24-40(37(20-21-37)35(42)43)36(44)46-30-18-16-29(45-2)17-19-30/h3-5,7-8,10-19,23H,6,9,20-22,24H2,1-2H3,(H,42,43). The molecule has 234 valence electrons. The molecule has 0 spiro atoms. The van der Waals surface area contributed by atoms with E-state index in [1.54, 1.807) is 31.4 Å². The van der Waals surface area contributed by atoms with Gasteiger partial charge in [-0.15, -0.1) is 0 Å². The lowest BCUT2D eigenvalue weighted by molar-refractivity contribution is -0.144. The fourth-order valence-electron chi connectivity index (χ4n) is 5.72. The summed E-state index contributed by atoms with van der Waals surface area (Å²) in [5.41, 5.74) is 3.91. The van der Waals surface area contributed by atoms with Crippen LogP contribution in [-0.2, 0) is 24.3 Å². The molecule has 0 atom stereocenters. The second-order valence-electron chi connectivity index (χ2n) is 11.7. The second kappa shape index (κ2) is 12.9. The highest BCUT2D eigenvalue weighted by atomic mass is 16.6. The van der Waals surface area contributed by atoms with E-state index in [1.165, 1.54) is 4.90 Å². The van der Waals surface area contributed by atoms with Gasteiger partial charge in [0.2, 0.25) is 5.78 Å². The number of carbonyl (C=O) groups excluding carboxylic acids is 2. The lowest BCUT2D eigenvalue weighted by Gasteiger charge is -2.28. The summed E-state index contributed by atoms with van der Waals surface area (Å²) in [6.07, 6.45) is 1.46. The van der Waals surface area contributed by atoms with Crippen molar-refractivity contribution in [2.24, 2.45) is 0 Å². The number of imidazole rings is 1. The molecule has 46 heavy (non-hydrogen) atoms. The van der Waals surface area contributed by atoms with Gasteiger partial charge >= 0.3 is 12.1 Å². The summed E-state index contributed by atoms with van der Waals surface area (Å²) in [6, 6.07) is 29.6. The Morgan fingerprint density at radius 1 is 0.891 bits per heavy atom. The number of ether oxygens (including phenoxy) is 2. The van der Waals surface area contributed by atoms with Crippen LogP contribution in [-0.4, -0.2) is 50.1 Å². The molecule has 1 aliphatic carbocycles. The number of aliphatic carboxylic acids is 1. The summed E-state index contributed by atoms with van der Waals surface area (Å²) < 4.78 is 12.7. The van der Waals surface area contributed by atoms with Gasteiger partial charge in [0.25, 0.3) is 0 Å². The lowest BCUT2D eigenvalue weighted by atomic mass is 10.0. The maximum Gasteiger partial charge on any atom is 0.416 e. The smallest absolute Gasteiger partial charge is 0.416 e. The molecule has 1 aromatic heterocycles. The van der Waals surface area contributed by atoms with Gasteiger partial charge in [-0.3, -0.25) is 9.69 Å². The van der Waals surface area contributed by atoms with E-state index in [2.05, 4.69) is 0 Å². The van der Waals surface area contributed by atoms with Crippen molar-refractivity contribution >= 4 is 28.9 Å². The summed E-state index contributed by atoms with van der Waals surface area (Å²) in [6.45, 7) is 2.66. The molecular formula is C37H35N3O6. The number of carbonyl (C=O) groups is 3. The number of hydrogen-bond acceptors (Lipinski definition) is 6. The summed E-state index contributed by atoms with van der Waals surface area (Å²) in [4.78, 5) is 45.1. The maximum atomic E-state index is 13.5. The van der Waals surface area contributed by atoms with E-state index in [1.807, 2.05) is 84.3 Å². The van der Waals surface area contributed by atoms with Gasteiger partial charge in [-0.1, -0.05) is 66.2 Å². The van der Waals surface area contributed by atoms with E-state index in [0.717, 1.165) is 34.1 Å². The van der Waals surface area contributed by atoms with Gasteiger partial charge in [0.1, 0.15) is 17.0 Å². The van der Waals surface area contributed by atoms with E-state index >= 15 is 0 Å². The fraction of sp³-hybridized carbons (Fsp3) is 0.243. The molecule has 4 aromatic carbocycles. The number of aryl methyl sites for hydroxylation is 3. The molecule has 9 heteroatoms. The Kier molecular flexibility index (Phi) is 8.57. The number of carboxylic acids is 1. The molecule has 0 radical (unpaired) electrons. The van der Waals surface area contributed by atoms with Crippen molar-refractivity contribution in [3.63, 3.8) is 0 Å². The number of para-hydroxylation sites is 2. The Hall–Kier alpha value is -5.44. The van der Waals surface area contributed by atoms with Crippen molar-refractivity contribution in [2.75, 3.05) is 7.11 Å². The van der Waals surface area contributed by atoms with Gasteiger partial charge in [0.05, 0.1) is 24.7 Å². The van der Waals surface area contributed by atoms with Crippen LogP contribution in [0.15, 0.2) is 97.1 Å². The molecule has 0 saturated heterocycles. The van der Waals surface area contributed by atoms with Gasteiger partial charge in [0.15, 0.2) is 5.82 Å². The average molecular weight is 618 g/mol. The first-order valence-corrected chi connectivity index (χ1v) is 15.3. The number of benzene rings is 4. The predicted molar refractivity (Wildman–Crippen MR) is 173 cm³/mol. The van der Waals surface area contributed by atoms with Crippen LogP contribution in [0.1, 0.15) is 52.1 Å². The third-order valence-electron chi connectivity index (χ3n) is 8.47. The van der Waals surface area contributed by atoms with E-state index in [4.69, 9.17) is 14.5 Å². The maximum absolute atomic E-state index is 13.5. The molecule has 1 heterocycles. The molecule has 9 nitrogen and oxygen atoms in total. The number of nitrogens with zero attached hydrogens (tertiary/aromatic N) is 3. The van der Waals surface area contributed by atoms with Crippen LogP contribution in [0.4, 0.5) is 4.79 Å². The summed E-state index contributed by atoms with van der Waals surface area (Å²) in [7, 11) is 1.55. The molecular weight excluding hydrogens is 582 g/mol. The van der Waals surface area contributed by atoms with Gasteiger partial charge in [-0.25, -0.2) is 14.6 Å². The molecule has 1 N–H and O–H groups in total. The predicted octanol–water partition coefficient (Wildman–Crippen LogP) is 6.84. The van der Waals surface area contributed by atoms with Crippen LogP contribution in [0.2, 0.25) is 0 Å². The van der Waals surface area contributed by atoms with Crippen LogP contribution in [0.5, 0.6) is 11.5 Å². The van der Waals surface area contributed by atoms with Crippen molar-refractivity contribution in [1.29, 1.82) is 0 Å². The Bertz CT molecular complexity index is 1890. The summed E-state index contributed by atoms with van der Waals surface area (Å²) in [5, 5.41) is 10.0. The minimum atomic E-state index is -1.29. The number of carboxylic acid groups (broad SMARTS) is 1. The average Bonchev–Trinajstić information content (AvgIpc) is 3.80. The van der Waals surface area contributed by atoms with Crippen molar-refractivity contribution in [3.8, 4) is 11.5 Å². The zero-order valence-electron chi connectivity index (χ0n) is 25.8. The zero-order valence-corrected chi connectivity index (χ0v) is 25.8. The summed E-state index contributed by atoms with van der Waals surface area (Å²) in [5.74, 6) is 0.172.